The highest BCUT2D eigenvalue weighted by atomic mass is 32.2. The lowest BCUT2D eigenvalue weighted by Gasteiger charge is -2.12. The van der Waals surface area contributed by atoms with Gasteiger partial charge in [-0.05, 0) is 25.1 Å². The number of aromatic nitrogens is 1. The molecule has 1 heterocycles. The van der Waals surface area contributed by atoms with Gasteiger partial charge >= 0.3 is 0 Å². The van der Waals surface area contributed by atoms with Crippen LogP contribution in [0.1, 0.15) is 11.9 Å². The Morgan fingerprint density at radius 1 is 1.45 bits per heavy atom. The maximum absolute atomic E-state index is 12.3. The molecule has 108 valence electrons. The van der Waals surface area contributed by atoms with Gasteiger partial charge in [-0.2, -0.15) is 0 Å². The van der Waals surface area contributed by atoms with Crippen LogP contribution < -0.4 is 15.2 Å². The van der Waals surface area contributed by atoms with Crippen LogP contribution >= 0.6 is 11.3 Å². The number of nitrogen functional groups attached to an aromatic ring is 1. The summed E-state index contributed by atoms with van der Waals surface area (Å²) < 4.78 is 32.4. The lowest BCUT2D eigenvalue weighted by Crippen LogP contribution is -2.24. The Balaban J connectivity index is 2.26. The van der Waals surface area contributed by atoms with E-state index in [0.29, 0.717) is 17.3 Å². The van der Waals surface area contributed by atoms with Gasteiger partial charge in [0, 0.05) is 17.3 Å². The molecule has 0 aliphatic rings. The van der Waals surface area contributed by atoms with Crippen LogP contribution in [-0.4, -0.2) is 20.0 Å². The molecule has 1 aromatic heterocycles. The first kappa shape index (κ1) is 14.8. The van der Waals surface area contributed by atoms with Crippen LogP contribution in [0.25, 0.3) is 0 Å². The normalized spacial score (nSPS) is 11.4. The monoisotopic (exact) mass is 313 g/mol. The second-order valence-electron chi connectivity index (χ2n) is 3.89. The lowest BCUT2D eigenvalue weighted by atomic mass is 10.3. The largest absolute Gasteiger partial charge is 0.492 e. The topological polar surface area (TPSA) is 94.3 Å². The average Bonchev–Trinajstić information content (AvgIpc) is 2.92. The van der Waals surface area contributed by atoms with E-state index < -0.39 is 10.0 Å². The molecule has 20 heavy (non-hydrogen) atoms. The number of rotatable bonds is 6. The number of nitrogens with zero attached hydrogens (tertiary/aromatic N) is 1. The summed E-state index contributed by atoms with van der Waals surface area (Å²) in [6, 6.07) is 4.54. The van der Waals surface area contributed by atoms with Crippen molar-refractivity contribution in [1.29, 1.82) is 0 Å². The summed E-state index contributed by atoms with van der Waals surface area (Å²) >= 11 is 1.38. The van der Waals surface area contributed by atoms with Gasteiger partial charge in [0.05, 0.1) is 13.2 Å². The van der Waals surface area contributed by atoms with Crippen molar-refractivity contribution in [2.24, 2.45) is 0 Å². The molecule has 0 fully saturated rings. The van der Waals surface area contributed by atoms with Crippen molar-refractivity contribution >= 4 is 27.0 Å². The molecule has 1 aromatic carbocycles. The molecule has 0 aliphatic carbocycles. The number of benzene rings is 1. The highest BCUT2D eigenvalue weighted by Crippen LogP contribution is 2.26. The minimum Gasteiger partial charge on any atom is -0.492 e. The summed E-state index contributed by atoms with van der Waals surface area (Å²) in [5.74, 6) is 0.285. The standard InChI is InChI=1S/C12H15N3O3S2/c1-2-18-10-4-3-9(13)7-11(10)20(16,17)15-8-12-14-5-6-19-12/h3-7,15H,2,8,13H2,1H3. The quantitative estimate of drug-likeness (QED) is 0.790. The minimum absolute atomic E-state index is 0.0379. The van der Waals surface area contributed by atoms with Crippen molar-refractivity contribution in [2.45, 2.75) is 18.4 Å². The zero-order valence-corrected chi connectivity index (χ0v) is 12.5. The number of hydrogen-bond acceptors (Lipinski definition) is 6. The fraction of sp³-hybridized carbons (Fsp3) is 0.250. The molecule has 3 N–H and O–H groups in total. The van der Waals surface area contributed by atoms with E-state index in [1.54, 1.807) is 30.6 Å². The summed E-state index contributed by atoms with van der Waals surface area (Å²) in [6.07, 6.45) is 1.63. The van der Waals surface area contributed by atoms with Crippen molar-refractivity contribution in [3.8, 4) is 5.75 Å². The highest BCUT2D eigenvalue weighted by Gasteiger charge is 2.20. The summed E-state index contributed by atoms with van der Waals surface area (Å²) in [6.45, 7) is 2.30. The Hall–Kier alpha value is -1.64. The number of anilines is 1. The van der Waals surface area contributed by atoms with E-state index in [-0.39, 0.29) is 17.2 Å². The molecule has 0 saturated heterocycles. The van der Waals surface area contributed by atoms with Gasteiger partial charge in [0.25, 0.3) is 0 Å². The number of nitrogens with two attached hydrogens (primary N) is 1. The van der Waals surface area contributed by atoms with Gasteiger partial charge in [-0.15, -0.1) is 11.3 Å². The molecular weight excluding hydrogens is 298 g/mol. The van der Waals surface area contributed by atoms with Crippen molar-refractivity contribution in [3.63, 3.8) is 0 Å². The third kappa shape index (κ3) is 3.47. The van der Waals surface area contributed by atoms with Crippen LogP contribution in [0, 0.1) is 0 Å². The number of thiazole rings is 1. The SMILES string of the molecule is CCOc1ccc(N)cc1S(=O)(=O)NCc1nccs1. The molecule has 0 aliphatic heterocycles. The number of sulfonamides is 1. The molecule has 0 atom stereocenters. The predicted octanol–water partition coefficient (Wildman–Crippen LogP) is 1.60. The molecule has 6 nitrogen and oxygen atoms in total. The molecule has 0 bridgehead atoms. The van der Waals surface area contributed by atoms with E-state index in [0.717, 1.165) is 0 Å². The molecule has 0 saturated carbocycles. The Bertz CT molecular complexity index is 669. The number of hydrogen-bond donors (Lipinski definition) is 2. The maximum Gasteiger partial charge on any atom is 0.244 e. The Labute approximate surface area is 121 Å². The van der Waals surface area contributed by atoms with Crippen molar-refractivity contribution in [1.82, 2.24) is 9.71 Å². The van der Waals surface area contributed by atoms with Crippen LogP contribution in [0.2, 0.25) is 0 Å². The van der Waals surface area contributed by atoms with Crippen molar-refractivity contribution in [3.05, 3.63) is 34.8 Å². The molecule has 2 rings (SSSR count). The number of ether oxygens (including phenoxy) is 1. The third-order valence-electron chi connectivity index (χ3n) is 2.45. The fourth-order valence-corrected chi connectivity index (χ4v) is 3.40. The van der Waals surface area contributed by atoms with Crippen LogP contribution in [0.15, 0.2) is 34.7 Å². The molecule has 0 amide bonds. The summed E-state index contributed by atoms with van der Waals surface area (Å²) in [5, 5.41) is 2.48. The average molecular weight is 313 g/mol. The van der Waals surface area contributed by atoms with Gasteiger partial charge in [-0.3, -0.25) is 0 Å². The van der Waals surface area contributed by atoms with Gasteiger partial charge < -0.3 is 10.5 Å². The molecule has 2 aromatic rings. The first-order chi connectivity index (χ1) is 9.53. The molecule has 0 spiro atoms. The molecule has 0 radical (unpaired) electrons. The van der Waals surface area contributed by atoms with E-state index in [1.807, 2.05) is 0 Å². The molecular formula is C12H15N3O3S2. The predicted molar refractivity (Wildman–Crippen MR) is 78.2 cm³/mol. The minimum atomic E-state index is -3.70. The second kappa shape index (κ2) is 6.21. The van der Waals surface area contributed by atoms with Crippen LogP contribution in [0.3, 0.4) is 0 Å². The number of nitrogens with one attached hydrogen (secondary N) is 1. The smallest absolute Gasteiger partial charge is 0.244 e. The van der Waals surface area contributed by atoms with Gasteiger partial charge in [-0.1, -0.05) is 0 Å². The first-order valence-electron chi connectivity index (χ1n) is 5.93. The maximum atomic E-state index is 12.3. The van der Waals surface area contributed by atoms with Crippen molar-refractivity contribution < 1.29 is 13.2 Å². The fourth-order valence-electron chi connectivity index (χ4n) is 1.58. The third-order valence-corrected chi connectivity index (χ3v) is 4.66. The van der Waals surface area contributed by atoms with Gasteiger partial charge in [0.2, 0.25) is 10.0 Å². The highest BCUT2D eigenvalue weighted by molar-refractivity contribution is 7.89. The van der Waals surface area contributed by atoms with Crippen LogP contribution in [0.5, 0.6) is 5.75 Å². The van der Waals surface area contributed by atoms with Gasteiger partial charge in [0.1, 0.15) is 15.7 Å². The molecule has 0 unspecified atom stereocenters. The van der Waals surface area contributed by atoms with E-state index in [2.05, 4.69) is 9.71 Å². The summed E-state index contributed by atoms with van der Waals surface area (Å²) in [5.41, 5.74) is 6.02. The van der Waals surface area contributed by atoms with Crippen LogP contribution in [-0.2, 0) is 16.6 Å². The first-order valence-corrected chi connectivity index (χ1v) is 8.29. The zero-order valence-electron chi connectivity index (χ0n) is 10.9. The Kier molecular flexibility index (Phi) is 4.58. The van der Waals surface area contributed by atoms with E-state index in [9.17, 15) is 8.42 Å². The van der Waals surface area contributed by atoms with Gasteiger partial charge in [-0.25, -0.2) is 18.1 Å². The Morgan fingerprint density at radius 3 is 2.90 bits per heavy atom. The van der Waals surface area contributed by atoms with Crippen molar-refractivity contribution in [2.75, 3.05) is 12.3 Å². The molecule has 8 heteroatoms. The second-order valence-corrected chi connectivity index (χ2v) is 6.60. The zero-order chi connectivity index (χ0) is 14.6. The van der Waals surface area contributed by atoms with E-state index in [4.69, 9.17) is 10.5 Å². The van der Waals surface area contributed by atoms with E-state index in [1.165, 1.54) is 17.4 Å². The Morgan fingerprint density at radius 2 is 2.25 bits per heavy atom. The van der Waals surface area contributed by atoms with Crippen LogP contribution in [0.4, 0.5) is 5.69 Å². The summed E-state index contributed by atoms with van der Waals surface area (Å²) in [4.78, 5) is 4.06. The lowest BCUT2D eigenvalue weighted by molar-refractivity contribution is 0.331. The summed E-state index contributed by atoms with van der Waals surface area (Å²) in [7, 11) is -3.70. The van der Waals surface area contributed by atoms with Gasteiger partial charge in [0.15, 0.2) is 0 Å². The van der Waals surface area contributed by atoms with E-state index >= 15 is 0 Å².